The maximum atomic E-state index is 12.4. The molecule has 1 saturated carbocycles. The maximum absolute atomic E-state index is 12.4. The molecule has 0 heterocycles. The molecule has 0 unspecified atom stereocenters. The molecule has 130 valence electrons. The van der Waals surface area contributed by atoms with E-state index in [0.29, 0.717) is 18.2 Å². The molecule has 1 aliphatic carbocycles. The average molecular weight is 347 g/mol. The van der Waals surface area contributed by atoms with Gasteiger partial charge in [0.05, 0.1) is 0 Å². The molecule has 0 radical (unpaired) electrons. The summed E-state index contributed by atoms with van der Waals surface area (Å²) in [6.45, 7) is 0.936. The number of nitrogens with two attached hydrogens (primary N) is 1. The number of amides is 2. The van der Waals surface area contributed by atoms with Crippen molar-refractivity contribution in [2.75, 3.05) is 6.54 Å². The van der Waals surface area contributed by atoms with Gasteiger partial charge in [0.1, 0.15) is 0 Å². The molecule has 2 amide bonds. The first kappa shape index (κ1) is 18.4. The second kappa shape index (κ2) is 9.37. The minimum absolute atomic E-state index is 0.00293. The number of carbonyl (C=O) groups is 2. The highest BCUT2D eigenvalue weighted by atomic mass is 32.1. The minimum Gasteiger partial charge on any atom is -0.370 e. The Hall–Kier alpha value is -1.95. The summed E-state index contributed by atoms with van der Waals surface area (Å²) in [6.07, 6.45) is 5.45. The summed E-state index contributed by atoms with van der Waals surface area (Å²) in [6, 6.07) is 9.82. The van der Waals surface area contributed by atoms with Gasteiger partial charge in [-0.25, -0.2) is 0 Å². The summed E-state index contributed by atoms with van der Waals surface area (Å²) < 4.78 is 0. The van der Waals surface area contributed by atoms with E-state index < -0.39 is 0 Å². The van der Waals surface area contributed by atoms with Gasteiger partial charge in [0.15, 0.2) is 5.11 Å². The molecule has 1 aromatic carbocycles. The molecule has 0 saturated heterocycles. The lowest BCUT2D eigenvalue weighted by molar-refractivity contribution is -0.124. The van der Waals surface area contributed by atoms with Crippen molar-refractivity contribution in [3.63, 3.8) is 0 Å². The van der Waals surface area contributed by atoms with Crippen LogP contribution in [0.4, 0.5) is 0 Å². The predicted molar refractivity (Wildman–Crippen MR) is 98.0 cm³/mol. The summed E-state index contributed by atoms with van der Waals surface area (Å²) in [4.78, 5) is 25.3. The fourth-order valence-corrected chi connectivity index (χ4v) is 3.21. The summed E-state index contributed by atoms with van der Waals surface area (Å²) in [5.74, 6) is -0.335. The van der Waals surface area contributed by atoms with Crippen molar-refractivity contribution < 1.29 is 9.59 Å². The van der Waals surface area contributed by atoms with Crippen LogP contribution in [-0.4, -0.2) is 28.4 Å². The summed E-state index contributed by atoms with van der Waals surface area (Å²) >= 11 is 5.41. The Morgan fingerprint density at radius 2 is 1.83 bits per heavy atom. The average Bonchev–Trinajstić information content (AvgIpc) is 2.60. The fraction of sp³-hybridized carbons (Fsp3) is 0.500. The van der Waals surface area contributed by atoms with E-state index >= 15 is 0 Å². The second-order valence-corrected chi connectivity index (χ2v) is 6.64. The number of hydrogen-bond donors (Lipinski definition) is 2. The Labute approximate surface area is 148 Å². The number of hydrogen-bond acceptors (Lipinski definition) is 3. The first-order chi connectivity index (χ1) is 11.6. The van der Waals surface area contributed by atoms with Gasteiger partial charge < -0.3 is 16.0 Å². The lowest BCUT2D eigenvalue weighted by Gasteiger charge is -2.27. The van der Waals surface area contributed by atoms with E-state index in [1.54, 1.807) is 0 Å². The molecule has 1 aliphatic rings. The highest BCUT2D eigenvalue weighted by Crippen LogP contribution is 2.23. The maximum Gasteiger partial charge on any atom is 0.229 e. The van der Waals surface area contributed by atoms with Gasteiger partial charge in [-0.3, -0.25) is 9.59 Å². The van der Waals surface area contributed by atoms with Crippen molar-refractivity contribution in [3.05, 3.63) is 35.9 Å². The Bertz CT molecular complexity index is 571. The van der Waals surface area contributed by atoms with Crippen LogP contribution < -0.4 is 11.1 Å². The van der Waals surface area contributed by atoms with Crippen LogP contribution in [0.3, 0.4) is 0 Å². The molecule has 6 heteroatoms. The number of nitrogens with zero attached hydrogens (tertiary/aromatic N) is 1. The molecule has 0 aliphatic heterocycles. The van der Waals surface area contributed by atoms with Gasteiger partial charge in [0.2, 0.25) is 11.8 Å². The van der Waals surface area contributed by atoms with Crippen LogP contribution in [0.1, 0.15) is 44.1 Å². The van der Waals surface area contributed by atoms with E-state index in [0.717, 1.165) is 31.2 Å². The van der Waals surface area contributed by atoms with Crippen LogP contribution in [0.15, 0.2) is 30.3 Å². The van der Waals surface area contributed by atoms with Crippen LogP contribution in [0, 0.1) is 5.92 Å². The number of carbonyl (C=O) groups excluding carboxylic acids is 2. The van der Waals surface area contributed by atoms with Gasteiger partial charge in [-0.1, -0.05) is 49.6 Å². The third-order valence-electron chi connectivity index (χ3n) is 4.34. The van der Waals surface area contributed by atoms with Crippen molar-refractivity contribution in [2.24, 2.45) is 11.7 Å². The van der Waals surface area contributed by atoms with E-state index in [1.807, 2.05) is 35.2 Å². The van der Waals surface area contributed by atoms with Crippen molar-refractivity contribution in [2.45, 2.75) is 45.1 Å². The van der Waals surface area contributed by atoms with Gasteiger partial charge in [-0.05, 0) is 30.6 Å². The van der Waals surface area contributed by atoms with E-state index in [-0.39, 0.29) is 24.2 Å². The van der Waals surface area contributed by atoms with Gasteiger partial charge in [0.25, 0.3) is 0 Å². The normalized spacial score (nSPS) is 14.8. The number of rotatable bonds is 6. The van der Waals surface area contributed by atoms with E-state index in [9.17, 15) is 9.59 Å². The Morgan fingerprint density at radius 1 is 1.17 bits per heavy atom. The molecule has 1 fully saturated rings. The van der Waals surface area contributed by atoms with Crippen molar-refractivity contribution in [3.8, 4) is 0 Å². The third kappa shape index (κ3) is 5.92. The molecule has 0 bridgehead atoms. The standard InChI is InChI=1S/C18H25N3O2S/c19-16(22)11-12-21(13-14-7-3-1-4-8-14)18(24)20-17(23)15-9-5-2-6-10-15/h1,3-4,7-8,15H,2,5-6,9-13H2,(H2,19,22)(H,20,23,24). The zero-order valence-electron chi connectivity index (χ0n) is 13.9. The van der Waals surface area contributed by atoms with Gasteiger partial charge in [-0.15, -0.1) is 0 Å². The molecule has 0 atom stereocenters. The number of benzene rings is 1. The quantitative estimate of drug-likeness (QED) is 0.775. The molecular formula is C18H25N3O2S. The lowest BCUT2D eigenvalue weighted by atomic mass is 9.89. The van der Waals surface area contributed by atoms with Crippen LogP contribution in [-0.2, 0) is 16.1 Å². The summed E-state index contributed by atoms with van der Waals surface area (Å²) in [5.41, 5.74) is 6.32. The van der Waals surface area contributed by atoms with Gasteiger partial charge in [-0.2, -0.15) is 0 Å². The summed E-state index contributed by atoms with van der Waals surface area (Å²) in [5, 5.41) is 3.23. The summed E-state index contributed by atoms with van der Waals surface area (Å²) in [7, 11) is 0. The first-order valence-corrected chi connectivity index (χ1v) is 8.89. The smallest absolute Gasteiger partial charge is 0.229 e. The second-order valence-electron chi connectivity index (χ2n) is 6.25. The van der Waals surface area contributed by atoms with Crippen molar-refractivity contribution >= 4 is 29.1 Å². The molecule has 24 heavy (non-hydrogen) atoms. The fourth-order valence-electron chi connectivity index (χ4n) is 2.95. The zero-order chi connectivity index (χ0) is 17.4. The molecule has 0 aromatic heterocycles. The number of primary amides is 1. The first-order valence-electron chi connectivity index (χ1n) is 8.48. The molecule has 0 spiro atoms. The molecule has 2 rings (SSSR count). The van der Waals surface area contributed by atoms with Crippen molar-refractivity contribution in [1.29, 1.82) is 0 Å². The SMILES string of the molecule is NC(=O)CCN(Cc1ccccc1)C(=S)NC(=O)C1CCCCC1. The highest BCUT2D eigenvalue weighted by molar-refractivity contribution is 7.80. The van der Waals surface area contributed by atoms with Crippen LogP contribution in [0.5, 0.6) is 0 Å². The third-order valence-corrected chi connectivity index (χ3v) is 4.70. The topological polar surface area (TPSA) is 75.4 Å². The van der Waals surface area contributed by atoms with Gasteiger partial charge in [0, 0.05) is 25.4 Å². The molecule has 1 aromatic rings. The molecule has 5 nitrogen and oxygen atoms in total. The zero-order valence-corrected chi connectivity index (χ0v) is 14.7. The van der Waals surface area contributed by atoms with Crippen molar-refractivity contribution in [1.82, 2.24) is 10.2 Å². The van der Waals surface area contributed by atoms with Crippen LogP contribution >= 0.6 is 12.2 Å². The predicted octanol–water partition coefficient (Wildman–Crippen LogP) is 2.35. The van der Waals surface area contributed by atoms with Crippen LogP contribution in [0.25, 0.3) is 0 Å². The molecular weight excluding hydrogens is 322 g/mol. The number of thiocarbonyl (C=S) groups is 1. The number of nitrogens with one attached hydrogen (secondary N) is 1. The monoisotopic (exact) mass is 347 g/mol. The largest absolute Gasteiger partial charge is 0.370 e. The van der Waals surface area contributed by atoms with E-state index in [1.165, 1.54) is 6.42 Å². The van der Waals surface area contributed by atoms with E-state index in [2.05, 4.69) is 5.32 Å². The minimum atomic E-state index is -0.380. The molecule has 3 N–H and O–H groups in total. The Morgan fingerprint density at radius 3 is 2.46 bits per heavy atom. The lowest BCUT2D eigenvalue weighted by Crippen LogP contribution is -2.45. The van der Waals surface area contributed by atoms with Gasteiger partial charge >= 0.3 is 0 Å². The van der Waals surface area contributed by atoms with E-state index in [4.69, 9.17) is 18.0 Å². The highest BCUT2D eigenvalue weighted by Gasteiger charge is 2.23. The van der Waals surface area contributed by atoms with Crippen LogP contribution in [0.2, 0.25) is 0 Å². The Kier molecular flexibility index (Phi) is 7.18. The Balaban J connectivity index is 1.97.